The molecule has 0 unspecified atom stereocenters. The standard InChI is InChI=1S/C30H30F3N5O2.C29H27F3N4O3/c1-17-12-19(4-8-23(17)28(39)34-3)20-14-25(35-11-10-30(31,32)33)27-26(15-20)38(16-36-27)22-7-9-24(18(2)13-22)29(40)37-21-5-6-21;1-16-11-18(3-7-23(16)28(38)39)19-13-24(33-10-9-29(30,31)32)26-25(14-19)36(15-34-26)21-6-8-22(17(2)12-21)27(37)35-20-4-5-20/h4,7-9,12-16,21,35H,5-6,10-11H2,1-3H3,(H,34,39)(H,37,40);3,6-8,11-15,20,33H,4-5,9-10H2,1-2H3,(H,35,37)(H,38,39). The Morgan fingerprint density at radius 3 is 1.25 bits per heavy atom. The summed E-state index contributed by atoms with van der Waals surface area (Å²) >= 11 is 0. The van der Waals surface area contributed by atoms with E-state index in [1.807, 2.05) is 78.4 Å². The van der Waals surface area contributed by atoms with Crippen LogP contribution in [0.15, 0.2) is 110 Å². The number of rotatable bonds is 16. The second-order valence-electron chi connectivity index (χ2n) is 20.0. The summed E-state index contributed by atoms with van der Waals surface area (Å²) in [6.07, 6.45) is -3.38. The van der Waals surface area contributed by atoms with Crippen LogP contribution in [0, 0.1) is 27.7 Å². The fourth-order valence-corrected chi connectivity index (χ4v) is 9.33. The van der Waals surface area contributed by atoms with Gasteiger partial charge in [0.05, 0.1) is 40.8 Å². The van der Waals surface area contributed by atoms with Gasteiger partial charge < -0.3 is 31.7 Å². The first-order valence-corrected chi connectivity index (χ1v) is 25.7. The molecular formula is C59H57F6N9O5. The molecule has 2 fully saturated rings. The van der Waals surface area contributed by atoms with Gasteiger partial charge >= 0.3 is 18.3 Å². The van der Waals surface area contributed by atoms with E-state index in [2.05, 4.69) is 36.6 Å². The molecule has 2 aliphatic carbocycles. The largest absolute Gasteiger partial charge is 0.478 e. The van der Waals surface area contributed by atoms with E-state index in [1.165, 1.54) is 6.07 Å². The molecule has 3 amide bonds. The predicted molar refractivity (Wildman–Crippen MR) is 292 cm³/mol. The summed E-state index contributed by atoms with van der Waals surface area (Å²) in [7, 11) is 1.57. The number of alkyl halides is 6. The van der Waals surface area contributed by atoms with Crippen LogP contribution < -0.4 is 26.6 Å². The van der Waals surface area contributed by atoms with E-state index in [1.54, 1.807) is 69.1 Å². The number of aromatic carboxylic acids is 1. The minimum Gasteiger partial charge on any atom is -0.478 e. The minimum absolute atomic E-state index is 0.101. The topological polar surface area (TPSA) is 184 Å². The van der Waals surface area contributed by atoms with Crippen LogP contribution in [-0.4, -0.2) is 92.5 Å². The number of hydrogen-bond acceptors (Lipinski definition) is 8. The number of carboxylic acids is 1. The number of nitrogens with one attached hydrogen (secondary N) is 5. The number of benzene rings is 6. The van der Waals surface area contributed by atoms with Crippen molar-refractivity contribution in [3.63, 3.8) is 0 Å². The number of anilines is 2. The van der Waals surface area contributed by atoms with E-state index < -0.39 is 31.2 Å². The molecule has 2 aromatic heterocycles. The van der Waals surface area contributed by atoms with Crippen molar-refractivity contribution in [3.05, 3.63) is 154 Å². The zero-order valence-corrected chi connectivity index (χ0v) is 43.8. The number of carboxylic acid groups (broad SMARTS) is 1. The lowest BCUT2D eigenvalue weighted by Crippen LogP contribution is -2.26. The molecule has 10 rings (SSSR count). The number of hydrogen-bond donors (Lipinski definition) is 6. The Labute approximate surface area is 450 Å². The van der Waals surface area contributed by atoms with Crippen molar-refractivity contribution in [3.8, 4) is 33.6 Å². The number of aryl methyl sites for hydroxylation is 4. The van der Waals surface area contributed by atoms with Crippen molar-refractivity contribution in [1.29, 1.82) is 0 Å². The molecule has 2 heterocycles. The van der Waals surface area contributed by atoms with Crippen LogP contribution in [0.5, 0.6) is 0 Å². The van der Waals surface area contributed by atoms with Crippen molar-refractivity contribution in [1.82, 2.24) is 35.1 Å². The van der Waals surface area contributed by atoms with Crippen LogP contribution in [0.25, 0.3) is 55.7 Å². The lowest BCUT2D eigenvalue weighted by atomic mass is 9.98. The maximum atomic E-state index is 12.9. The molecular weight excluding hydrogens is 1030 g/mol. The van der Waals surface area contributed by atoms with E-state index in [-0.39, 0.29) is 48.5 Å². The summed E-state index contributed by atoms with van der Waals surface area (Å²) in [6, 6.07) is 29.1. The van der Waals surface area contributed by atoms with Crippen molar-refractivity contribution < 1.29 is 50.6 Å². The number of imidazole rings is 2. The van der Waals surface area contributed by atoms with Crippen LogP contribution in [0.1, 0.15) is 102 Å². The fraction of sp³-hybridized carbons (Fsp3) is 0.288. The predicted octanol–water partition coefficient (Wildman–Crippen LogP) is 12.2. The van der Waals surface area contributed by atoms with Crippen molar-refractivity contribution in [2.24, 2.45) is 0 Å². The summed E-state index contributed by atoms with van der Waals surface area (Å²) in [6.45, 7) is 6.64. The number of amides is 3. The van der Waals surface area contributed by atoms with Gasteiger partial charge in [0.1, 0.15) is 23.7 Å². The summed E-state index contributed by atoms with van der Waals surface area (Å²) in [4.78, 5) is 57.9. The van der Waals surface area contributed by atoms with Gasteiger partial charge in [-0.15, -0.1) is 0 Å². The molecule has 0 spiro atoms. The zero-order valence-electron chi connectivity index (χ0n) is 43.8. The molecule has 79 heavy (non-hydrogen) atoms. The Morgan fingerprint density at radius 1 is 0.519 bits per heavy atom. The Morgan fingerprint density at radius 2 is 0.899 bits per heavy atom. The van der Waals surface area contributed by atoms with Crippen LogP contribution >= 0.6 is 0 Å². The van der Waals surface area contributed by atoms with E-state index in [0.717, 1.165) is 64.9 Å². The highest BCUT2D eigenvalue weighted by Gasteiger charge is 2.29. The first kappa shape index (κ1) is 55.1. The van der Waals surface area contributed by atoms with E-state index >= 15 is 0 Å². The smallest absolute Gasteiger partial charge is 0.390 e. The Hall–Kier alpha value is -8.68. The highest BCUT2D eigenvalue weighted by molar-refractivity contribution is 6.00. The van der Waals surface area contributed by atoms with Gasteiger partial charge in [-0.05, 0) is 171 Å². The average Bonchev–Trinajstić information content (AvgIpc) is 4.46. The summed E-state index contributed by atoms with van der Waals surface area (Å²) in [5.41, 5.74) is 12.6. The highest BCUT2D eigenvalue weighted by atomic mass is 19.4. The number of aromatic nitrogens is 4. The third-order valence-corrected chi connectivity index (χ3v) is 13.9. The SMILES string of the molecule is CNC(=O)c1ccc(-c2cc(NCCC(F)(F)F)c3ncn(-c4ccc(C(=O)NC5CC5)c(C)c4)c3c2)cc1C.Cc1cc(-c2cc(NCCC(F)(F)F)c3ncn(-c4ccc(C(=O)NC5CC5)c(C)c4)c3c2)ccc1C(=O)O. The second kappa shape index (κ2) is 22.4. The van der Waals surface area contributed by atoms with E-state index in [4.69, 9.17) is 0 Å². The molecule has 2 saturated carbocycles. The summed E-state index contributed by atoms with van der Waals surface area (Å²) in [5.74, 6) is -1.45. The Kier molecular flexibility index (Phi) is 15.6. The maximum absolute atomic E-state index is 12.9. The molecule has 14 nitrogen and oxygen atoms in total. The van der Waals surface area contributed by atoms with Crippen molar-refractivity contribution in [2.45, 2.75) is 90.7 Å². The zero-order chi connectivity index (χ0) is 56.5. The molecule has 6 N–H and O–H groups in total. The number of fused-ring (bicyclic) bond motifs is 2. The lowest BCUT2D eigenvalue weighted by Gasteiger charge is -2.14. The van der Waals surface area contributed by atoms with Crippen molar-refractivity contribution >= 4 is 57.1 Å². The number of carbonyl (C=O) groups is 4. The molecule has 6 aromatic carbocycles. The molecule has 0 bridgehead atoms. The van der Waals surface area contributed by atoms with Crippen LogP contribution in [0.2, 0.25) is 0 Å². The second-order valence-corrected chi connectivity index (χ2v) is 20.0. The quantitative estimate of drug-likeness (QED) is 0.0513. The highest BCUT2D eigenvalue weighted by Crippen LogP contribution is 2.36. The summed E-state index contributed by atoms with van der Waals surface area (Å²) in [5, 5.41) is 23.8. The Bertz CT molecular complexity index is 3670. The molecule has 410 valence electrons. The van der Waals surface area contributed by atoms with Gasteiger partial charge in [-0.2, -0.15) is 26.3 Å². The van der Waals surface area contributed by atoms with Gasteiger partial charge in [-0.1, -0.05) is 24.3 Å². The van der Waals surface area contributed by atoms with Gasteiger partial charge in [-0.3, -0.25) is 23.5 Å². The van der Waals surface area contributed by atoms with Crippen molar-refractivity contribution in [2.75, 3.05) is 30.8 Å². The van der Waals surface area contributed by atoms with Crippen LogP contribution in [0.4, 0.5) is 37.7 Å². The monoisotopic (exact) mass is 1090 g/mol. The van der Waals surface area contributed by atoms with E-state index in [0.29, 0.717) is 66.8 Å². The Balaban J connectivity index is 0.000000192. The third-order valence-electron chi connectivity index (χ3n) is 13.9. The summed E-state index contributed by atoms with van der Waals surface area (Å²) < 4.78 is 80.9. The normalized spacial score (nSPS) is 13.4. The number of carbonyl (C=O) groups excluding carboxylic acids is 3. The first-order chi connectivity index (χ1) is 37.5. The number of nitrogens with zero attached hydrogens (tertiary/aromatic N) is 4. The maximum Gasteiger partial charge on any atom is 0.390 e. The van der Waals surface area contributed by atoms with Gasteiger partial charge in [0, 0.05) is 60.3 Å². The molecule has 20 heteroatoms. The molecule has 0 aliphatic heterocycles. The minimum atomic E-state index is -4.31. The van der Waals surface area contributed by atoms with Gasteiger partial charge in [0.15, 0.2) is 0 Å². The lowest BCUT2D eigenvalue weighted by molar-refractivity contribution is -0.132. The number of halogens is 6. The fourth-order valence-electron chi connectivity index (χ4n) is 9.33. The molecule has 2 aliphatic rings. The van der Waals surface area contributed by atoms with Gasteiger partial charge in [0.25, 0.3) is 17.7 Å². The average molecular weight is 1090 g/mol. The third kappa shape index (κ3) is 13.0. The van der Waals surface area contributed by atoms with Crippen LogP contribution in [-0.2, 0) is 0 Å². The van der Waals surface area contributed by atoms with Gasteiger partial charge in [0.2, 0.25) is 0 Å². The molecule has 0 saturated heterocycles. The van der Waals surface area contributed by atoms with Gasteiger partial charge in [-0.25, -0.2) is 14.8 Å². The van der Waals surface area contributed by atoms with E-state index in [9.17, 15) is 50.6 Å². The first-order valence-electron chi connectivity index (χ1n) is 25.7. The molecule has 8 aromatic rings. The molecule has 0 atom stereocenters. The van der Waals surface area contributed by atoms with Crippen LogP contribution in [0.3, 0.4) is 0 Å². The molecule has 0 radical (unpaired) electrons.